The van der Waals surface area contributed by atoms with Crippen molar-refractivity contribution in [3.63, 3.8) is 0 Å². The monoisotopic (exact) mass is 283 g/mol. The van der Waals surface area contributed by atoms with Crippen LogP contribution in [-0.4, -0.2) is 19.6 Å². The number of rotatable bonds is 4. The first-order chi connectivity index (χ1) is 10.2. The van der Waals surface area contributed by atoms with E-state index in [-0.39, 0.29) is 5.56 Å². The lowest BCUT2D eigenvalue weighted by Gasteiger charge is -2.03. The summed E-state index contributed by atoms with van der Waals surface area (Å²) in [5, 5.41) is 6.07. The molecule has 0 aliphatic carbocycles. The molecule has 108 valence electrons. The van der Waals surface area contributed by atoms with Crippen LogP contribution < -0.4 is 10.9 Å². The van der Waals surface area contributed by atoms with Crippen LogP contribution in [0.4, 0.5) is 5.95 Å². The zero-order chi connectivity index (χ0) is 14.8. The molecule has 0 radical (unpaired) electrons. The van der Waals surface area contributed by atoms with Crippen LogP contribution in [0.25, 0.3) is 5.78 Å². The largest absolute Gasteiger partial charge is 0.351 e. The first-order valence-corrected chi connectivity index (χ1v) is 6.94. The number of H-pyrrole nitrogens is 1. The van der Waals surface area contributed by atoms with Gasteiger partial charge in [-0.1, -0.05) is 31.2 Å². The van der Waals surface area contributed by atoms with E-state index >= 15 is 0 Å². The number of benzene rings is 1. The Labute approximate surface area is 121 Å². The van der Waals surface area contributed by atoms with Gasteiger partial charge in [-0.05, 0) is 24.5 Å². The maximum absolute atomic E-state index is 11.8. The van der Waals surface area contributed by atoms with E-state index in [1.807, 2.05) is 0 Å². The van der Waals surface area contributed by atoms with Crippen molar-refractivity contribution in [3.8, 4) is 0 Å². The minimum atomic E-state index is -0.162. The highest BCUT2D eigenvalue weighted by Gasteiger charge is 2.06. The van der Waals surface area contributed by atoms with Gasteiger partial charge in [0.25, 0.3) is 11.3 Å². The second kappa shape index (κ2) is 5.40. The lowest BCUT2D eigenvalue weighted by atomic mass is 10.1. The molecule has 0 bridgehead atoms. The second-order valence-electron chi connectivity index (χ2n) is 4.97. The molecule has 3 aromatic rings. The lowest BCUT2D eigenvalue weighted by molar-refractivity contribution is 0.886. The van der Waals surface area contributed by atoms with E-state index in [0.717, 1.165) is 12.0 Å². The molecule has 0 aliphatic rings. The van der Waals surface area contributed by atoms with Gasteiger partial charge in [-0.25, -0.2) is 4.98 Å². The number of nitrogens with one attached hydrogen (secondary N) is 2. The third-order valence-electron chi connectivity index (χ3n) is 3.35. The van der Waals surface area contributed by atoms with E-state index in [9.17, 15) is 4.79 Å². The summed E-state index contributed by atoms with van der Waals surface area (Å²) < 4.78 is 1.33. The van der Waals surface area contributed by atoms with Crippen molar-refractivity contribution in [1.29, 1.82) is 0 Å². The lowest BCUT2D eigenvalue weighted by Crippen LogP contribution is -2.14. The second-order valence-corrected chi connectivity index (χ2v) is 4.97. The Hall–Kier alpha value is -2.63. The Morgan fingerprint density at radius 1 is 1.19 bits per heavy atom. The van der Waals surface area contributed by atoms with Crippen LogP contribution in [0.2, 0.25) is 0 Å². The number of hydrogen-bond acceptors (Lipinski definition) is 4. The van der Waals surface area contributed by atoms with E-state index in [1.54, 1.807) is 6.92 Å². The standard InChI is InChI=1S/C15H17N5O/c1-3-11-4-6-12(7-5-11)9-16-14-18-15-17-10(2)8-13(21)20(15)19-14/h4-8H,3,9H2,1-2H3,(H2,16,17,18,19). The van der Waals surface area contributed by atoms with Crippen LogP contribution in [0.1, 0.15) is 23.7 Å². The Balaban J connectivity index is 1.78. The Bertz CT molecular complexity index is 816. The Morgan fingerprint density at radius 3 is 2.62 bits per heavy atom. The summed E-state index contributed by atoms with van der Waals surface area (Å²) in [6.45, 7) is 4.55. The van der Waals surface area contributed by atoms with E-state index in [2.05, 4.69) is 51.6 Å². The first kappa shape index (κ1) is 13.4. The van der Waals surface area contributed by atoms with Crippen molar-refractivity contribution < 1.29 is 0 Å². The minimum absolute atomic E-state index is 0.162. The quantitative estimate of drug-likeness (QED) is 0.767. The molecule has 0 saturated carbocycles. The fourth-order valence-corrected chi connectivity index (χ4v) is 2.15. The molecule has 0 fully saturated rings. The first-order valence-electron chi connectivity index (χ1n) is 6.94. The summed E-state index contributed by atoms with van der Waals surface area (Å²) in [6.07, 6.45) is 1.03. The van der Waals surface area contributed by atoms with Crippen molar-refractivity contribution in [2.24, 2.45) is 0 Å². The minimum Gasteiger partial charge on any atom is -0.351 e. The molecule has 0 aliphatic heterocycles. The SMILES string of the molecule is CCc1ccc(CNc2nc3nc(C)cc(=O)n3[nH]2)cc1. The van der Waals surface area contributed by atoms with E-state index in [1.165, 1.54) is 16.1 Å². The number of aromatic amines is 1. The molecule has 0 amide bonds. The van der Waals surface area contributed by atoms with Crippen LogP contribution in [-0.2, 0) is 13.0 Å². The van der Waals surface area contributed by atoms with Gasteiger partial charge in [0.1, 0.15) is 0 Å². The third kappa shape index (κ3) is 2.79. The van der Waals surface area contributed by atoms with Crippen molar-refractivity contribution in [3.05, 3.63) is 57.5 Å². The van der Waals surface area contributed by atoms with Crippen LogP contribution >= 0.6 is 0 Å². The average Bonchev–Trinajstić information content (AvgIpc) is 2.89. The Kier molecular flexibility index (Phi) is 3.43. The summed E-state index contributed by atoms with van der Waals surface area (Å²) in [5.74, 6) is 0.911. The fraction of sp³-hybridized carbons (Fsp3) is 0.267. The van der Waals surface area contributed by atoms with Crippen LogP contribution in [0.15, 0.2) is 35.1 Å². The highest BCUT2D eigenvalue weighted by atomic mass is 16.1. The van der Waals surface area contributed by atoms with Crippen LogP contribution in [0, 0.1) is 6.92 Å². The van der Waals surface area contributed by atoms with Crippen molar-refractivity contribution >= 4 is 11.7 Å². The molecule has 2 aromatic heterocycles. The predicted octanol–water partition coefficient (Wildman–Crippen LogP) is 1.90. The third-order valence-corrected chi connectivity index (χ3v) is 3.35. The van der Waals surface area contributed by atoms with Crippen molar-refractivity contribution in [1.82, 2.24) is 19.6 Å². The summed E-state index contributed by atoms with van der Waals surface area (Å²) in [4.78, 5) is 20.3. The normalized spacial score (nSPS) is 11.0. The molecule has 3 rings (SSSR count). The molecule has 6 heteroatoms. The number of anilines is 1. The molecule has 21 heavy (non-hydrogen) atoms. The van der Waals surface area contributed by atoms with E-state index in [0.29, 0.717) is 24.0 Å². The fourth-order valence-electron chi connectivity index (χ4n) is 2.15. The molecule has 0 atom stereocenters. The highest BCUT2D eigenvalue weighted by Crippen LogP contribution is 2.08. The predicted molar refractivity (Wildman–Crippen MR) is 81.5 cm³/mol. The Morgan fingerprint density at radius 2 is 1.90 bits per heavy atom. The molecular weight excluding hydrogens is 266 g/mol. The zero-order valence-electron chi connectivity index (χ0n) is 12.1. The topological polar surface area (TPSA) is 75.1 Å². The van der Waals surface area contributed by atoms with Crippen LogP contribution in [0.3, 0.4) is 0 Å². The van der Waals surface area contributed by atoms with E-state index < -0.39 is 0 Å². The van der Waals surface area contributed by atoms with Gasteiger partial charge < -0.3 is 5.32 Å². The van der Waals surface area contributed by atoms with Gasteiger partial charge >= 0.3 is 0 Å². The van der Waals surface area contributed by atoms with Gasteiger partial charge in [0.2, 0.25) is 5.95 Å². The maximum atomic E-state index is 11.8. The molecule has 0 saturated heterocycles. The van der Waals surface area contributed by atoms with Gasteiger partial charge in [0.05, 0.1) is 0 Å². The van der Waals surface area contributed by atoms with Gasteiger partial charge in [0.15, 0.2) is 0 Å². The van der Waals surface area contributed by atoms with Crippen molar-refractivity contribution in [2.45, 2.75) is 26.8 Å². The molecule has 0 spiro atoms. The molecule has 6 nitrogen and oxygen atoms in total. The smallest absolute Gasteiger partial charge is 0.274 e. The van der Waals surface area contributed by atoms with E-state index in [4.69, 9.17) is 0 Å². The number of nitrogens with zero attached hydrogens (tertiary/aromatic N) is 3. The van der Waals surface area contributed by atoms with Gasteiger partial charge in [0, 0.05) is 18.3 Å². The van der Waals surface area contributed by atoms with Gasteiger partial charge in [-0.2, -0.15) is 9.50 Å². The number of aromatic nitrogens is 4. The average molecular weight is 283 g/mol. The molecular formula is C15H17N5O. The van der Waals surface area contributed by atoms with Crippen molar-refractivity contribution in [2.75, 3.05) is 5.32 Å². The summed E-state index contributed by atoms with van der Waals surface area (Å²) >= 11 is 0. The summed E-state index contributed by atoms with van der Waals surface area (Å²) in [6, 6.07) is 9.88. The van der Waals surface area contributed by atoms with Gasteiger partial charge in [-0.15, -0.1) is 0 Å². The molecule has 1 aromatic carbocycles. The highest BCUT2D eigenvalue weighted by molar-refractivity contribution is 5.38. The maximum Gasteiger partial charge on any atom is 0.274 e. The summed E-state index contributed by atoms with van der Waals surface area (Å²) in [5.41, 5.74) is 2.97. The van der Waals surface area contributed by atoms with Gasteiger partial charge in [-0.3, -0.25) is 9.89 Å². The molecule has 0 unspecified atom stereocenters. The number of fused-ring (bicyclic) bond motifs is 1. The van der Waals surface area contributed by atoms with Crippen LogP contribution in [0.5, 0.6) is 0 Å². The summed E-state index contributed by atoms with van der Waals surface area (Å²) in [7, 11) is 0. The zero-order valence-corrected chi connectivity index (χ0v) is 12.1. The molecule has 2 N–H and O–H groups in total. The number of hydrogen-bond donors (Lipinski definition) is 2. The molecule has 2 heterocycles. The number of aryl methyl sites for hydroxylation is 2.